The van der Waals surface area contributed by atoms with Crippen LogP contribution in [-0.4, -0.2) is 12.0 Å². The third-order valence-electron chi connectivity index (χ3n) is 3.34. The maximum absolute atomic E-state index is 5.85. The Kier molecular flexibility index (Phi) is 3.05. The van der Waals surface area contributed by atoms with Crippen LogP contribution >= 0.6 is 0 Å². The highest BCUT2D eigenvalue weighted by atomic mass is 16.3. The molecule has 0 aliphatic carbocycles. The van der Waals surface area contributed by atoms with E-state index in [0.717, 1.165) is 28.1 Å². The fraction of sp³-hybridized carbons (Fsp3) is 0.188. The van der Waals surface area contributed by atoms with E-state index in [2.05, 4.69) is 29.4 Å². The van der Waals surface area contributed by atoms with Crippen molar-refractivity contribution < 1.29 is 4.42 Å². The summed E-state index contributed by atoms with van der Waals surface area (Å²) in [5, 5.41) is 4.30. The molecule has 1 aromatic carbocycles. The van der Waals surface area contributed by atoms with Gasteiger partial charge in [0.2, 0.25) is 0 Å². The van der Waals surface area contributed by atoms with Gasteiger partial charge in [-0.2, -0.15) is 0 Å². The second-order valence-corrected chi connectivity index (χ2v) is 4.60. The van der Waals surface area contributed by atoms with Gasteiger partial charge >= 0.3 is 0 Å². The van der Waals surface area contributed by atoms with E-state index >= 15 is 0 Å². The summed E-state index contributed by atoms with van der Waals surface area (Å²) in [6.07, 6.45) is 0. The maximum Gasteiger partial charge on any atom is 0.152 e. The number of benzene rings is 1. The highest BCUT2D eigenvalue weighted by Crippen LogP contribution is 2.25. The normalized spacial score (nSPS) is 12.7. The van der Waals surface area contributed by atoms with Gasteiger partial charge in [-0.05, 0) is 38.2 Å². The molecule has 3 nitrogen and oxygen atoms in total. The molecule has 0 saturated carbocycles. The lowest BCUT2D eigenvalue weighted by molar-refractivity contribution is 0.457. The third kappa shape index (κ3) is 2.25. The Bertz CT molecular complexity index is 703. The summed E-state index contributed by atoms with van der Waals surface area (Å²) in [5.74, 6) is 1.73. The number of nitrogens with one attached hydrogen (secondary N) is 1. The van der Waals surface area contributed by atoms with Crippen LogP contribution in [0.5, 0.6) is 0 Å². The summed E-state index contributed by atoms with van der Waals surface area (Å²) >= 11 is 0. The predicted molar refractivity (Wildman–Crippen MR) is 76.9 cm³/mol. The van der Waals surface area contributed by atoms with Crippen LogP contribution in [0.15, 0.2) is 52.9 Å². The topological polar surface area (TPSA) is 38.1 Å². The number of nitrogens with zero attached hydrogens (tertiary/aromatic N) is 1. The van der Waals surface area contributed by atoms with E-state index in [4.69, 9.17) is 4.42 Å². The summed E-state index contributed by atoms with van der Waals surface area (Å²) in [6.45, 7) is 2.07. The molecule has 19 heavy (non-hydrogen) atoms. The number of hydrogen-bond donors (Lipinski definition) is 1. The highest BCUT2D eigenvalue weighted by molar-refractivity contribution is 5.80. The lowest BCUT2D eigenvalue weighted by Crippen LogP contribution is -2.11. The van der Waals surface area contributed by atoms with Crippen molar-refractivity contribution in [3.63, 3.8) is 0 Å². The van der Waals surface area contributed by atoms with Crippen LogP contribution in [0.2, 0.25) is 0 Å². The minimum atomic E-state index is 0.203. The van der Waals surface area contributed by atoms with Gasteiger partial charge in [-0.1, -0.05) is 24.3 Å². The first kappa shape index (κ1) is 11.9. The second-order valence-electron chi connectivity index (χ2n) is 4.60. The molecule has 0 aliphatic rings. The Labute approximate surface area is 112 Å². The van der Waals surface area contributed by atoms with E-state index < -0.39 is 0 Å². The van der Waals surface area contributed by atoms with Gasteiger partial charge in [-0.15, -0.1) is 0 Å². The van der Waals surface area contributed by atoms with Crippen molar-refractivity contribution in [2.45, 2.75) is 13.0 Å². The van der Waals surface area contributed by atoms with E-state index in [-0.39, 0.29) is 6.04 Å². The molecule has 3 aromatic rings. The molecule has 2 aromatic heterocycles. The van der Waals surface area contributed by atoms with Crippen molar-refractivity contribution in [2.75, 3.05) is 7.05 Å². The summed E-state index contributed by atoms with van der Waals surface area (Å²) < 4.78 is 5.85. The zero-order valence-corrected chi connectivity index (χ0v) is 11.1. The molecular weight excluding hydrogens is 236 g/mol. The van der Waals surface area contributed by atoms with Crippen molar-refractivity contribution in [3.8, 4) is 11.5 Å². The molecule has 1 N–H and O–H groups in total. The van der Waals surface area contributed by atoms with E-state index in [1.807, 2.05) is 43.4 Å². The monoisotopic (exact) mass is 252 g/mol. The zero-order valence-electron chi connectivity index (χ0n) is 11.1. The second kappa shape index (κ2) is 4.86. The van der Waals surface area contributed by atoms with Gasteiger partial charge in [0.15, 0.2) is 5.76 Å². The average Bonchev–Trinajstić information content (AvgIpc) is 2.95. The molecule has 0 saturated heterocycles. The first-order valence-electron chi connectivity index (χ1n) is 6.41. The van der Waals surface area contributed by atoms with E-state index in [1.165, 1.54) is 0 Å². The molecule has 0 radical (unpaired) electrons. The van der Waals surface area contributed by atoms with E-state index in [0.29, 0.717) is 0 Å². The third-order valence-corrected chi connectivity index (χ3v) is 3.34. The fourth-order valence-corrected chi connectivity index (χ4v) is 2.07. The number of hydrogen-bond acceptors (Lipinski definition) is 3. The number of pyridine rings is 1. The quantitative estimate of drug-likeness (QED) is 0.771. The van der Waals surface area contributed by atoms with Crippen LogP contribution in [0.25, 0.3) is 22.4 Å². The van der Waals surface area contributed by atoms with Crippen molar-refractivity contribution in [3.05, 3.63) is 54.3 Å². The van der Waals surface area contributed by atoms with Gasteiger partial charge in [0.05, 0.1) is 11.6 Å². The van der Waals surface area contributed by atoms with Gasteiger partial charge in [-0.3, -0.25) is 0 Å². The maximum atomic E-state index is 5.85. The lowest BCUT2D eigenvalue weighted by Gasteiger charge is -2.05. The number of fused-ring (bicyclic) bond motifs is 1. The Hall–Kier alpha value is -2.13. The first-order valence-corrected chi connectivity index (χ1v) is 6.41. The van der Waals surface area contributed by atoms with Crippen molar-refractivity contribution >= 4 is 10.9 Å². The van der Waals surface area contributed by atoms with Crippen LogP contribution in [0.1, 0.15) is 18.7 Å². The van der Waals surface area contributed by atoms with Crippen LogP contribution in [0, 0.1) is 0 Å². The number of furan rings is 1. The van der Waals surface area contributed by atoms with E-state index in [9.17, 15) is 0 Å². The molecule has 1 atom stereocenters. The smallest absolute Gasteiger partial charge is 0.152 e. The lowest BCUT2D eigenvalue weighted by atomic mass is 10.2. The minimum Gasteiger partial charge on any atom is -0.458 e. The van der Waals surface area contributed by atoms with E-state index in [1.54, 1.807) is 0 Å². The van der Waals surface area contributed by atoms with Gasteiger partial charge in [0, 0.05) is 5.39 Å². The molecule has 0 amide bonds. The molecule has 0 aliphatic heterocycles. The van der Waals surface area contributed by atoms with Gasteiger partial charge in [0.25, 0.3) is 0 Å². The molecule has 3 heteroatoms. The molecule has 0 bridgehead atoms. The average molecular weight is 252 g/mol. The summed E-state index contributed by atoms with van der Waals surface area (Å²) in [6, 6.07) is 16.3. The standard InChI is InChI=1S/C16H16N2O/c1-11(17-2)15-9-10-16(19-15)14-8-7-12-5-3-4-6-13(12)18-14/h3-11,17H,1-2H3. The van der Waals surface area contributed by atoms with Gasteiger partial charge in [-0.25, -0.2) is 4.98 Å². The fourth-order valence-electron chi connectivity index (χ4n) is 2.07. The molecule has 2 heterocycles. The Morgan fingerprint density at radius 1 is 1.05 bits per heavy atom. The molecule has 96 valence electrons. The summed E-state index contributed by atoms with van der Waals surface area (Å²) in [7, 11) is 1.92. The van der Waals surface area contributed by atoms with Gasteiger partial charge < -0.3 is 9.73 Å². The van der Waals surface area contributed by atoms with Crippen molar-refractivity contribution in [2.24, 2.45) is 0 Å². The summed E-state index contributed by atoms with van der Waals surface area (Å²) in [4.78, 5) is 4.63. The minimum absolute atomic E-state index is 0.203. The van der Waals surface area contributed by atoms with Gasteiger partial charge in [0.1, 0.15) is 11.5 Å². The Morgan fingerprint density at radius 3 is 2.74 bits per heavy atom. The molecule has 0 spiro atoms. The predicted octanol–water partition coefficient (Wildman–Crippen LogP) is 3.78. The van der Waals surface area contributed by atoms with Crippen LogP contribution in [-0.2, 0) is 0 Å². The molecule has 0 fully saturated rings. The largest absolute Gasteiger partial charge is 0.458 e. The number of para-hydroxylation sites is 1. The number of rotatable bonds is 3. The molecular formula is C16H16N2O. The number of aromatic nitrogens is 1. The van der Waals surface area contributed by atoms with Crippen LogP contribution < -0.4 is 5.32 Å². The molecule has 1 unspecified atom stereocenters. The summed E-state index contributed by atoms with van der Waals surface area (Å²) in [5.41, 5.74) is 1.85. The Balaban J connectivity index is 2.01. The SMILES string of the molecule is CNC(C)c1ccc(-c2ccc3ccccc3n2)o1. The van der Waals surface area contributed by atoms with Crippen molar-refractivity contribution in [1.29, 1.82) is 0 Å². The highest BCUT2D eigenvalue weighted by Gasteiger charge is 2.10. The molecule has 3 rings (SSSR count). The Morgan fingerprint density at radius 2 is 1.89 bits per heavy atom. The van der Waals surface area contributed by atoms with Crippen LogP contribution in [0.3, 0.4) is 0 Å². The zero-order chi connectivity index (χ0) is 13.2. The van der Waals surface area contributed by atoms with Crippen LogP contribution in [0.4, 0.5) is 0 Å². The van der Waals surface area contributed by atoms with Crippen molar-refractivity contribution in [1.82, 2.24) is 10.3 Å². The first-order chi connectivity index (χ1) is 9.28.